The van der Waals surface area contributed by atoms with Gasteiger partial charge in [-0.2, -0.15) is 5.10 Å². The molecule has 0 aliphatic carbocycles. The molecule has 0 aliphatic heterocycles. The van der Waals surface area contributed by atoms with Crippen molar-refractivity contribution in [2.24, 2.45) is 7.05 Å². The van der Waals surface area contributed by atoms with Crippen molar-refractivity contribution in [3.8, 4) is 11.4 Å². The first-order valence-corrected chi connectivity index (χ1v) is 8.49. The normalized spacial score (nSPS) is 11.0. The second-order valence-electron chi connectivity index (χ2n) is 6.14. The number of carbonyl (C=O) groups excluding carboxylic acids is 1. The van der Waals surface area contributed by atoms with Gasteiger partial charge >= 0.3 is 0 Å². The Kier molecular flexibility index (Phi) is 4.23. The van der Waals surface area contributed by atoms with E-state index in [4.69, 9.17) is 0 Å². The molecule has 0 radical (unpaired) electrons. The minimum absolute atomic E-state index is 0.0835. The van der Waals surface area contributed by atoms with Crippen LogP contribution in [0, 0.1) is 0 Å². The highest BCUT2D eigenvalue weighted by molar-refractivity contribution is 6.02. The van der Waals surface area contributed by atoms with Crippen LogP contribution in [0.15, 0.2) is 67.3 Å². The van der Waals surface area contributed by atoms with Gasteiger partial charge in [-0.25, -0.2) is 0 Å². The predicted octanol–water partition coefficient (Wildman–Crippen LogP) is 2.71. The molecule has 4 heterocycles. The predicted molar refractivity (Wildman–Crippen MR) is 99.9 cm³/mol. The average molecular weight is 345 g/mol. The van der Waals surface area contributed by atoms with Gasteiger partial charge in [0, 0.05) is 38.4 Å². The number of rotatable bonds is 5. The van der Waals surface area contributed by atoms with Crippen LogP contribution in [0.1, 0.15) is 15.9 Å². The molecule has 4 aromatic heterocycles. The fourth-order valence-electron chi connectivity index (χ4n) is 3.05. The topological polar surface area (TPSA) is 64.2 Å². The third-order valence-electron chi connectivity index (χ3n) is 4.32. The molecule has 4 aromatic rings. The summed E-state index contributed by atoms with van der Waals surface area (Å²) in [5.74, 6) is -0.0835. The quantitative estimate of drug-likeness (QED) is 0.605. The lowest BCUT2D eigenvalue weighted by Gasteiger charge is -2.04. The summed E-state index contributed by atoms with van der Waals surface area (Å²) in [6, 6.07) is 13.6. The van der Waals surface area contributed by atoms with Crippen LogP contribution < -0.4 is 5.32 Å². The van der Waals surface area contributed by atoms with Crippen LogP contribution in [0.2, 0.25) is 0 Å². The van der Waals surface area contributed by atoms with Crippen molar-refractivity contribution in [2.45, 2.75) is 6.42 Å². The van der Waals surface area contributed by atoms with E-state index in [9.17, 15) is 4.79 Å². The van der Waals surface area contributed by atoms with Crippen LogP contribution >= 0.6 is 0 Å². The largest absolute Gasteiger partial charge is 0.352 e. The average Bonchev–Trinajstić information content (AvgIpc) is 3.26. The molecule has 0 aromatic carbocycles. The summed E-state index contributed by atoms with van der Waals surface area (Å²) in [6.45, 7) is 0.563. The van der Waals surface area contributed by atoms with E-state index < -0.39 is 0 Å². The lowest BCUT2D eigenvalue weighted by molar-refractivity contribution is 0.0956. The summed E-state index contributed by atoms with van der Waals surface area (Å²) in [5.41, 5.74) is 4.36. The molecule has 26 heavy (non-hydrogen) atoms. The van der Waals surface area contributed by atoms with Crippen LogP contribution in [0.3, 0.4) is 0 Å². The SMILES string of the molecule is Cn1ccc(-c2cc(C(=O)NCCc3cccnc3)c3ccccn23)n1. The van der Waals surface area contributed by atoms with Gasteiger partial charge in [0.1, 0.15) is 5.69 Å². The highest BCUT2D eigenvalue weighted by atomic mass is 16.1. The smallest absolute Gasteiger partial charge is 0.253 e. The summed E-state index contributed by atoms with van der Waals surface area (Å²) >= 11 is 0. The molecule has 0 fully saturated rings. The van der Waals surface area contributed by atoms with Gasteiger partial charge in [-0.1, -0.05) is 12.1 Å². The minimum Gasteiger partial charge on any atom is -0.352 e. The maximum Gasteiger partial charge on any atom is 0.253 e. The number of carbonyl (C=O) groups is 1. The van der Waals surface area contributed by atoms with Gasteiger partial charge < -0.3 is 9.72 Å². The minimum atomic E-state index is -0.0835. The van der Waals surface area contributed by atoms with Gasteiger partial charge in [0.25, 0.3) is 5.91 Å². The van der Waals surface area contributed by atoms with E-state index in [1.54, 1.807) is 10.9 Å². The zero-order valence-corrected chi connectivity index (χ0v) is 14.5. The molecule has 1 amide bonds. The van der Waals surface area contributed by atoms with Gasteiger partial charge in [-0.3, -0.25) is 14.5 Å². The van der Waals surface area contributed by atoms with E-state index in [1.807, 2.05) is 72.5 Å². The Bertz CT molecular complexity index is 1050. The van der Waals surface area contributed by atoms with Gasteiger partial charge in [0.15, 0.2) is 0 Å². The van der Waals surface area contributed by atoms with Crippen LogP contribution in [-0.4, -0.2) is 31.6 Å². The number of hydrogen-bond donors (Lipinski definition) is 1. The second-order valence-corrected chi connectivity index (χ2v) is 6.14. The van der Waals surface area contributed by atoms with Gasteiger partial charge in [-0.15, -0.1) is 0 Å². The van der Waals surface area contributed by atoms with E-state index in [1.165, 1.54) is 0 Å². The summed E-state index contributed by atoms with van der Waals surface area (Å²) in [5, 5.41) is 7.47. The molecule has 0 spiro atoms. The van der Waals surface area contributed by atoms with Gasteiger partial charge in [0.2, 0.25) is 0 Å². The number of hydrogen-bond acceptors (Lipinski definition) is 3. The Hall–Kier alpha value is -3.41. The van der Waals surface area contributed by atoms with E-state index >= 15 is 0 Å². The molecule has 0 atom stereocenters. The lowest BCUT2D eigenvalue weighted by atomic mass is 10.2. The molecule has 4 rings (SSSR count). The number of amides is 1. The van der Waals surface area contributed by atoms with Crippen molar-refractivity contribution in [1.29, 1.82) is 0 Å². The first-order valence-electron chi connectivity index (χ1n) is 8.49. The molecule has 0 unspecified atom stereocenters. The molecular weight excluding hydrogens is 326 g/mol. The highest BCUT2D eigenvalue weighted by Gasteiger charge is 2.17. The van der Waals surface area contributed by atoms with Crippen molar-refractivity contribution in [1.82, 2.24) is 24.5 Å². The monoisotopic (exact) mass is 345 g/mol. The standard InChI is InChI=1S/C20H19N5O/c1-24-12-8-17(23-24)19-13-16(18-6-2-3-11-25(18)19)20(26)22-10-7-15-5-4-9-21-14-15/h2-6,8-9,11-14H,7,10H2,1H3,(H,22,26). The zero-order chi connectivity index (χ0) is 17.9. The Morgan fingerprint density at radius 1 is 1.15 bits per heavy atom. The molecule has 6 heteroatoms. The van der Waals surface area contributed by atoms with Gasteiger partial charge in [-0.05, 0) is 42.3 Å². The van der Waals surface area contributed by atoms with E-state index in [0.29, 0.717) is 12.1 Å². The molecule has 0 bridgehead atoms. The van der Waals surface area contributed by atoms with E-state index in [2.05, 4.69) is 15.4 Å². The van der Waals surface area contributed by atoms with Crippen LogP contribution in [0.5, 0.6) is 0 Å². The molecule has 0 saturated heterocycles. The number of aromatic nitrogens is 4. The molecule has 0 saturated carbocycles. The van der Waals surface area contributed by atoms with Crippen LogP contribution in [0.4, 0.5) is 0 Å². The van der Waals surface area contributed by atoms with Crippen molar-refractivity contribution >= 4 is 11.4 Å². The van der Waals surface area contributed by atoms with E-state index in [-0.39, 0.29) is 5.91 Å². The Labute approximate surface area is 151 Å². The molecule has 0 aliphatic rings. The summed E-state index contributed by atoms with van der Waals surface area (Å²) < 4.78 is 3.75. The fourth-order valence-corrected chi connectivity index (χ4v) is 3.05. The van der Waals surface area contributed by atoms with Gasteiger partial charge in [0.05, 0.1) is 16.8 Å². The third kappa shape index (κ3) is 3.09. The van der Waals surface area contributed by atoms with Crippen molar-refractivity contribution in [3.05, 3.63) is 78.4 Å². The summed E-state index contributed by atoms with van der Waals surface area (Å²) in [6.07, 6.45) is 8.16. The number of nitrogens with zero attached hydrogens (tertiary/aromatic N) is 4. The maximum atomic E-state index is 12.7. The van der Waals surface area contributed by atoms with Crippen molar-refractivity contribution in [2.75, 3.05) is 6.54 Å². The molecule has 6 nitrogen and oxygen atoms in total. The number of aryl methyl sites for hydroxylation is 1. The number of pyridine rings is 2. The second kappa shape index (κ2) is 6.84. The lowest BCUT2D eigenvalue weighted by Crippen LogP contribution is -2.25. The van der Waals surface area contributed by atoms with E-state index in [0.717, 1.165) is 28.9 Å². The third-order valence-corrected chi connectivity index (χ3v) is 4.32. The maximum absolute atomic E-state index is 12.7. The highest BCUT2D eigenvalue weighted by Crippen LogP contribution is 2.25. The Morgan fingerprint density at radius 2 is 2.08 bits per heavy atom. The first kappa shape index (κ1) is 16.1. The van der Waals surface area contributed by atoms with Crippen LogP contribution in [-0.2, 0) is 13.5 Å². The van der Waals surface area contributed by atoms with Crippen LogP contribution in [0.25, 0.3) is 16.9 Å². The first-order chi connectivity index (χ1) is 12.7. The summed E-state index contributed by atoms with van der Waals surface area (Å²) in [7, 11) is 1.88. The Morgan fingerprint density at radius 3 is 2.85 bits per heavy atom. The van der Waals surface area contributed by atoms with Crippen molar-refractivity contribution in [3.63, 3.8) is 0 Å². The summed E-state index contributed by atoms with van der Waals surface area (Å²) in [4.78, 5) is 16.8. The Balaban J connectivity index is 1.59. The van der Waals surface area contributed by atoms with Crippen molar-refractivity contribution < 1.29 is 4.79 Å². The fraction of sp³-hybridized carbons (Fsp3) is 0.150. The molecule has 130 valence electrons. The molecule has 1 N–H and O–H groups in total. The molecular formula is C20H19N5O. The number of nitrogens with one attached hydrogen (secondary N) is 1. The number of fused-ring (bicyclic) bond motifs is 1. The zero-order valence-electron chi connectivity index (χ0n) is 14.5.